The first-order valence-electron chi connectivity index (χ1n) is 6.70. The minimum Gasteiger partial charge on any atom is -0.493 e. The van der Waals surface area contributed by atoms with E-state index in [2.05, 4.69) is 5.32 Å². The molecule has 1 aromatic carbocycles. The Morgan fingerprint density at radius 1 is 1.35 bits per heavy atom. The molecule has 0 unspecified atom stereocenters. The van der Waals surface area contributed by atoms with Crippen molar-refractivity contribution in [1.82, 2.24) is 5.32 Å². The molecular weight excluding hydrogens is 278 g/mol. The van der Waals surface area contributed by atoms with E-state index in [1.54, 1.807) is 12.1 Å². The summed E-state index contributed by atoms with van der Waals surface area (Å²) in [6.07, 6.45) is 0.459. The van der Waals surface area contributed by atoms with Crippen molar-refractivity contribution in [2.24, 2.45) is 0 Å². The summed E-state index contributed by atoms with van der Waals surface area (Å²) < 4.78 is 10.8. The van der Waals surface area contributed by atoms with Crippen LogP contribution in [0, 0.1) is 0 Å². The van der Waals surface area contributed by atoms with E-state index in [0.29, 0.717) is 18.2 Å². The Labute approximate surface area is 125 Å². The number of hydrogen-bond acceptors (Lipinski definition) is 3. The molecular formula is C15H22ClNO3. The van der Waals surface area contributed by atoms with Gasteiger partial charge in [0, 0.05) is 17.1 Å². The first kappa shape index (κ1) is 16.6. The highest BCUT2D eigenvalue weighted by atomic mass is 35.5. The van der Waals surface area contributed by atoms with Gasteiger partial charge in [0.2, 0.25) is 0 Å². The van der Waals surface area contributed by atoms with Gasteiger partial charge >= 0.3 is 6.09 Å². The van der Waals surface area contributed by atoms with Gasteiger partial charge in [-0.2, -0.15) is 0 Å². The zero-order valence-corrected chi connectivity index (χ0v) is 13.2. The van der Waals surface area contributed by atoms with Gasteiger partial charge in [-0.1, -0.05) is 18.5 Å². The third-order valence-electron chi connectivity index (χ3n) is 2.31. The van der Waals surface area contributed by atoms with E-state index < -0.39 is 11.7 Å². The number of carbonyl (C=O) groups excluding carboxylic acids is 1. The average Bonchev–Trinajstić information content (AvgIpc) is 2.33. The van der Waals surface area contributed by atoms with Gasteiger partial charge in [0.1, 0.15) is 11.4 Å². The van der Waals surface area contributed by atoms with E-state index in [4.69, 9.17) is 21.1 Å². The van der Waals surface area contributed by atoms with Crippen molar-refractivity contribution in [2.45, 2.75) is 46.3 Å². The topological polar surface area (TPSA) is 47.6 Å². The van der Waals surface area contributed by atoms with Gasteiger partial charge in [-0.05, 0) is 45.4 Å². The molecule has 0 aromatic heterocycles. The third-order valence-corrected chi connectivity index (χ3v) is 2.54. The summed E-state index contributed by atoms with van der Waals surface area (Å²) in [5.74, 6) is 0.729. The second kappa shape index (κ2) is 7.39. The van der Waals surface area contributed by atoms with Gasteiger partial charge in [-0.25, -0.2) is 4.79 Å². The van der Waals surface area contributed by atoms with Crippen molar-refractivity contribution in [2.75, 3.05) is 6.61 Å². The molecule has 0 spiro atoms. The van der Waals surface area contributed by atoms with Crippen LogP contribution in [-0.2, 0) is 11.3 Å². The van der Waals surface area contributed by atoms with Crippen LogP contribution in [0.4, 0.5) is 4.79 Å². The van der Waals surface area contributed by atoms with Gasteiger partial charge in [0.05, 0.1) is 6.61 Å². The van der Waals surface area contributed by atoms with Crippen LogP contribution in [0.15, 0.2) is 18.2 Å². The fraction of sp³-hybridized carbons (Fsp3) is 0.533. The van der Waals surface area contributed by atoms with Gasteiger partial charge < -0.3 is 14.8 Å². The summed E-state index contributed by atoms with van der Waals surface area (Å²) >= 11 is 5.97. The quantitative estimate of drug-likeness (QED) is 0.888. The Morgan fingerprint density at radius 2 is 2.05 bits per heavy atom. The molecule has 0 fully saturated rings. The Morgan fingerprint density at radius 3 is 2.65 bits per heavy atom. The summed E-state index contributed by atoms with van der Waals surface area (Å²) in [6, 6.07) is 5.36. The Bertz CT molecular complexity index is 455. The van der Waals surface area contributed by atoms with E-state index >= 15 is 0 Å². The van der Waals surface area contributed by atoms with Gasteiger partial charge in [-0.3, -0.25) is 0 Å². The van der Waals surface area contributed by atoms with Crippen LogP contribution in [0.25, 0.3) is 0 Å². The van der Waals surface area contributed by atoms with Gasteiger partial charge in [-0.15, -0.1) is 0 Å². The largest absolute Gasteiger partial charge is 0.493 e. The highest BCUT2D eigenvalue weighted by Crippen LogP contribution is 2.23. The molecule has 5 heteroatoms. The maximum absolute atomic E-state index is 11.6. The van der Waals surface area contributed by atoms with E-state index in [-0.39, 0.29) is 0 Å². The number of hydrogen-bond donors (Lipinski definition) is 1. The van der Waals surface area contributed by atoms with E-state index in [9.17, 15) is 4.79 Å². The number of benzene rings is 1. The normalized spacial score (nSPS) is 11.1. The lowest BCUT2D eigenvalue weighted by Crippen LogP contribution is -2.32. The second-order valence-corrected chi connectivity index (χ2v) is 5.89. The molecule has 20 heavy (non-hydrogen) atoms. The lowest BCUT2D eigenvalue weighted by Gasteiger charge is -2.20. The summed E-state index contributed by atoms with van der Waals surface area (Å²) in [4.78, 5) is 11.6. The van der Waals surface area contributed by atoms with Crippen LogP contribution in [-0.4, -0.2) is 18.3 Å². The lowest BCUT2D eigenvalue weighted by atomic mass is 10.2. The highest BCUT2D eigenvalue weighted by Gasteiger charge is 2.16. The number of ether oxygens (including phenoxy) is 2. The van der Waals surface area contributed by atoms with Crippen molar-refractivity contribution < 1.29 is 14.3 Å². The molecule has 112 valence electrons. The van der Waals surface area contributed by atoms with E-state index in [1.165, 1.54) is 0 Å². The zero-order chi connectivity index (χ0) is 15.2. The predicted octanol–water partition coefficient (Wildman–Crippen LogP) is 4.15. The van der Waals surface area contributed by atoms with E-state index in [0.717, 1.165) is 17.7 Å². The first-order valence-corrected chi connectivity index (χ1v) is 7.07. The number of rotatable bonds is 5. The van der Waals surface area contributed by atoms with Crippen molar-refractivity contribution in [3.8, 4) is 5.75 Å². The Balaban J connectivity index is 2.66. The molecule has 1 N–H and O–H groups in total. The second-order valence-electron chi connectivity index (χ2n) is 5.46. The standard InChI is InChI=1S/C15H22ClNO3/c1-5-8-19-13-7-6-12(16)9-11(13)10-17-14(18)20-15(2,3)4/h6-7,9H,5,8,10H2,1-4H3,(H,17,18). The first-order chi connectivity index (χ1) is 9.31. The molecule has 0 saturated heterocycles. The molecule has 0 aliphatic rings. The molecule has 4 nitrogen and oxygen atoms in total. The Kier molecular flexibility index (Phi) is 6.14. The number of halogens is 1. The summed E-state index contributed by atoms with van der Waals surface area (Å²) in [5, 5.41) is 3.31. The molecule has 1 amide bonds. The SMILES string of the molecule is CCCOc1ccc(Cl)cc1CNC(=O)OC(C)(C)C. The van der Waals surface area contributed by atoms with Crippen molar-refractivity contribution in [3.05, 3.63) is 28.8 Å². The number of nitrogens with one attached hydrogen (secondary N) is 1. The number of amides is 1. The summed E-state index contributed by atoms with van der Waals surface area (Å²) in [7, 11) is 0. The van der Waals surface area contributed by atoms with Crippen LogP contribution in [0.2, 0.25) is 5.02 Å². The molecule has 0 aliphatic heterocycles. The fourth-order valence-electron chi connectivity index (χ4n) is 1.52. The fourth-order valence-corrected chi connectivity index (χ4v) is 1.72. The van der Waals surface area contributed by atoms with Crippen molar-refractivity contribution in [1.29, 1.82) is 0 Å². The molecule has 0 atom stereocenters. The van der Waals surface area contributed by atoms with E-state index in [1.807, 2.05) is 33.8 Å². The molecule has 1 aromatic rings. The zero-order valence-electron chi connectivity index (χ0n) is 12.5. The molecule has 0 heterocycles. The molecule has 0 aliphatic carbocycles. The van der Waals surface area contributed by atoms with Crippen LogP contribution in [0.3, 0.4) is 0 Å². The van der Waals surface area contributed by atoms with Crippen LogP contribution in [0.5, 0.6) is 5.75 Å². The minimum absolute atomic E-state index is 0.314. The lowest BCUT2D eigenvalue weighted by molar-refractivity contribution is 0.0523. The van der Waals surface area contributed by atoms with Crippen LogP contribution >= 0.6 is 11.6 Å². The molecule has 0 saturated carbocycles. The minimum atomic E-state index is -0.514. The summed E-state index contributed by atoms with van der Waals surface area (Å²) in [5.41, 5.74) is 0.316. The predicted molar refractivity (Wildman–Crippen MR) is 80.3 cm³/mol. The maximum Gasteiger partial charge on any atom is 0.407 e. The number of alkyl carbamates (subject to hydrolysis) is 1. The molecule has 0 bridgehead atoms. The third kappa shape index (κ3) is 6.15. The van der Waals surface area contributed by atoms with Gasteiger partial charge in [0.25, 0.3) is 0 Å². The monoisotopic (exact) mass is 299 g/mol. The van der Waals surface area contributed by atoms with Gasteiger partial charge in [0.15, 0.2) is 0 Å². The van der Waals surface area contributed by atoms with Crippen molar-refractivity contribution in [3.63, 3.8) is 0 Å². The van der Waals surface area contributed by atoms with Crippen LogP contribution < -0.4 is 10.1 Å². The number of carbonyl (C=O) groups is 1. The maximum atomic E-state index is 11.6. The molecule has 1 rings (SSSR count). The Hall–Kier alpha value is -1.42. The average molecular weight is 300 g/mol. The smallest absolute Gasteiger partial charge is 0.407 e. The van der Waals surface area contributed by atoms with Crippen LogP contribution in [0.1, 0.15) is 39.7 Å². The molecule has 0 radical (unpaired) electrons. The van der Waals surface area contributed by atoms with Crippen molar-refractivity contribution >= 4 is 17.7 Å². The summed E-state index contributed by atoms with van der Waals surface area (Å²) in [6.45, 7) is 8.44. The highest BCUT2D eigenvalue weighted by molar-refractivity contribution is 6.30.